The maximum absolute atomic E-state index is 14.1. The summed E-state index contributed by atoms with van der Waals surface area (Å²) in [5.41, 5.74) is -1.35. The predicted octanol–water partition coefficient (Wildman–Crippen LogP) is 6.51. The molecular formula is C23H36F4N2O2. The minimum absolute atomic E-state index is 0.0476. The van der Waals surface area contributed by atoms with E-state index in [2.05, 4.69) is 4.90 Å². The second-order valence-corrected chi connectivity index (χ2v) is 8.94. The smallest absolute Gasteiger partial charge is 0.419 e. The van der Waals surface area contributed by atoms with Gasteiger partial charge in [-0.05, 0) is 51.3 Å². The normalized spacial score (nSPS) is 19.0. The van der Waals surface area contributed by atoms with Crippen LogP contribution in [0.2, 0.25) is 0 Å². The Morgan fingerprint density at radius 1 is 1.13 bits per heavy atom. The molecule has 1 aliphatic rings. The molecule has 1 aromatic carbocycles. The molecule has 1 aromatic rings. The Bertz CT molecular complexity index is 729. The fourth-order valence-electron chi connectivity index (χ4n) is 3.79. The Kier molecular flexibility index (Phi) is 9.35. The fraction of sp³-hybridized carbons (Fsp3) is 0.696. The number of hydrogen-bond donors (Lipinski definition) is 0. The number of benzene rings is 1. The lowest BCUT2D eigenvalue weighted by Crippen LogP contribution is -2.56. The highest BCUT2D eigenvalue weighted by molar-refractivity contribution is 5.68. The van der Waals surface area contributed by atoms with E-state index in [0.29, 0.717) is 25.2 Å². The zero-order valence-electron chi connectivity index (χ0n) is 19.8. The first-order chi connectivity index (χ1) is 14.2. The second-order valence-electron chi connectivity index (χ2n) is 8.94. The summed E-state index contributed by atoms with van der Waals surface area (Å²) in [7, 11) is 0. The van der Waals surface area contributed by atoms with Crippen LogP contribution in [0.15, 0.2) is 18.2 Å². The molecular weight excluding hydrogens is 412 g/mol. The Morgan fingerprint density at radius 3 is 2.13 bits per heavy atom. The quantitative estimate of drug-likeness (QED) is 0.494. The van der Waals surface area contributed by atoms with Gasteiger partial charge in [-0.2, -0.15) is 13.2 Å². The van der Waals surface area contributed by atoms with Crippen molar-refractivity contribution in [2.45, 2.75) is 79.3 Å². The largest absolute Gasteiger partial charge is 0.444 e. The van der Waals surface area contributed by atoms with Crippen molar-refractivity contribution < 1.29 is 27.1 Å². The van der Waals surface area contributed by atoms with Gasteiger partial charge in [0.25, 0.3) is 0 Å². The standard InChI is InChI=1S/C21H30F4N2O2.C2H6/c1-13(2)18(15-7-8-16(17(22)11-15)21(23,24)25)26-9-10-27(14(3)12-26)19(28)29-20(4,5)6;1-2/h7-8,11,13-14,18H,9-10,12H2,1-6H3;1-2H3. The molecule has 178 valence electrons. The molecule has 0 aromatic heterocycles. The van der Waals surface area contributed by atoms with Crippen molar-refractivity contribution in [3.63, 3.8) is 0 Å². The van der Waals surface area contributed by atoms with Crippen molar-refractivity contribution in [3.8, 4) is 0 Å². The van der Waals surface area contributed by atoms with Gasteiger partial charge in [0.1, 0.15) is 11.4 Å². The molecule has 4 nitrogen and oxygen atoms in total. The van der Waals surface area contributed by atoms with Crippen molar-refractivity contribution in [3.05, 3.63) is 35.1 Å². The fourth-order valence-corrected chi connectivity index (χ4v) is 3.79. The van der Waals surface area contributed by atoms with E-state index in [1.54, 1.807) is 25.7 Å². The monoisotopic (exact) mass is 448 g/mol. The minimum atomic E-state index is -4.72. The lowest BCUT2D eigenvalue weighted by molar-refractivity contribution is -0.140. The summed E-state index contributed by atoms with van der Waals surface area (Å²) in [6, 6.07) is 2.74. The summed E-state index contributed by atoms with van der Waals surface area (Å²) < 4.78 is 58.2. The predicted molar refractivity (Wildman–Crippen MR) is 114 cm³/mol. The van der Waals surface area contributed by atoms with Crippen molar-refractivity contribution in [1.29, 1.82) is 0 Å². The summed E-state index contributed by atoms with van der Waals surface area (Å²) in [5.74, 6) is -1.22. The SMILES string of the molecule is CC.CC(C)C(c1ccc(C(F)(F)F)c(F)c1)N1CCN(C(=O)OC(C)(C)C)C(C)C1. The van der Waals surface area contributed by atoms with Crippen LogP contribution in [0.5, 0.6) is 0 Å². The van der Waals surface area contributed by atoms with Crippen LogP contribution in [0.3, 0.4) is 0 Å². The topological polar surface area (TPSA) is 32.8 Å². The maximum atomic E-state index is 14.1. The third-order valence-corrected chi connectivity index (χ3v) is 4.95. The summed E-state index contributed by atoms with van der Waals surface area (Å²) in [6.07, 6.45) is -5.10. The van der Waals surface area contributed by atoms with Gasteiger partial charge in [-0.3, -0.25) is 4.90 Å². The number of halogens is 4. The maximum Gasteiger partial charge on any atom is 0.419 e. The van der Waals surface area contributed by atoms with E-state index in [4.69, 9.17) is 4.74 Å². The Morgan fingerprint density at radius 2 is 1.71 bits per heavy atom. The first-order valence-electron chi connectivity index (χ1n) is 10.8. The highest BCUT2D eigenvalue weighted by Gasteiger charge is 2.37. The molecule has 1 heterocycles. The molecule has 2 atom stereocenters. The first-order valence-corrected chi connectivity index (χ1v) is 10.8. The number of piperazine rings is 1. The highest BCUT2D eigenvalue weighted by Crippen LogP contribution is 2.36. The minimum Gasteiger partial charge on any atom is -0.444 e. The van der Waals surface area contributed by atoms with Gasteiger partial charge in [0.05, 0.1) is 5.56 Å². The molecule has 0 radical (unpaired) electrons. The molecule has 0 saturated carbocycles. The van der Waals surface area contributed by atoms with E-state index in [1.807, 2.05) is 34.6 Å². The van der Waals surface area contributed by atoms with Crippen molar-refractivity contribution in [2.75, 3.05) is 19.6 Å². The second kappa shape index (κ2) is 10.7. The Hall–Kier alpha value is -1.83. The number of carbonyl (C=O) groups excluding carboxylic acids is 1. The average molecular weight is 449 g/mol. The number of alkyl halides is 3. The number of amides is 1. The molecule has 0 spiro atoms. The first kappa shape index (κ1) is 27.2. The number of carbonyl (C=O) groups is 1. The van der Waals surface area contributed by atoms with Crippen molar-refractivity contribution >= 4 is 6.09 Å². The van der Waals surface area contributed by atoms with Gasteiger partial charge in [0.15, 0.2) is 0 Å². The number of ether oxygens (including phenoxy) is 1. The lowest BCUT2D eigenvalue weighted by Gasteiger charge is -2.44. The summed E-state index contributed by atoms with van der Waals surface area (Å²) >= 11 is 0. The molecule has 1 fully saturated rings. The van der Waals surface area contributed by atoms with Crippen LogP contribution in [0, 0.1) is 11.7 Å². The Balaban J connectivity index is 0.00000233. The summed E-state index contributed by atoms with van der Waals surface area (Å²) in [5, 5.41) is 0. The number of hydrogen-bond acceptors (Lipinski definition) is 3. The zero-order valence-corrected chi connectivity index (χ0v) is 19.8. The highest BCUT2D eigenvalue weighted by atomic mass is 19.4. The molecule has 1 aliphatic heterocycles. The van der Waals surface area contributed by atoms with E-state index in [1.165, 1.54) is 6.07 Å². The molecule has 0 N–H and O–H groups in total. The van der Waals surface area contributed by atoms with E-state index >= 15 is 0 Å². The molecule has 1 amide bonds. The van der Waals surface area contributed by atoms with E-state index in [-0.39, 0.29) is 24.1 Å². The molecule has 2 unspecified atom stereocenters. The van der Waals surface area contributed by atoms with Crippen LogP contribution in [-0.4, -0.2) is 47.2 Å². The van der Waals surface area contributed by atoms with Gasteiger partial charge in [-0.25, -0.2) is 9.18 Å². The third-order valence-electron chi connectivity index (χ3n) is 4.95. The lowest BCUT2D eigenvalue weighted by atomic mass is 9.92. The van der Waals surface area contributed by atoms with Gasteiger partial charge in [0.2, 0.25) is 0 Å². The molecule has 1 saturated heterocycles. The molecule has 31 heavy (non-hydrogen) atoms. The van der Waals surface area contributed by atoms with Crippen LogP contribution < -0.4 is 0 Å². The summed E-state index contributed by atoms with van der Waals surface area (Å²) in [6.45, 7) is 16.7. The van der Waals surface area contributed by atoms with Crippen molar-refractivity contribution in [2.24, 2.45) is 5.92 Å². The number of rotatable bonds is 3. The molecule has 0 bridgehead atoms. The Labute approximate surface area is 183 Å². The third kappa shape index (κ3) is 7.37. The zero-order chi connectivity index (χ0) is 24.1. The van der Waals surface area contributed by atoms with Crippen LogP contribution in [0.4, 0.5) is 22.4 Å². The molecule has 0 aliphatic carbocycles. The van der Waals surface area contributed by atoms with E-state index < -0.39 is 23.2 Å². The molecule has 2 rings (SSSR count). The van der Waals surface area contributed by atoms with Crippen LogP contribution in [-0.2, 0) is 10.9 Å². The van der Waals surface area contributed by atoms with Crippen molar-refractivity contribution in [1.82, 2.24) is 9.80 Å². The van der Waals surface area contributed by atoms with Crippen LogP contribution >= 0.6 is 0 Å². The van der Waals surface area contributed by atoms with Gasteiger partial charge >= 0.3 is 12.3 Å². The van der Waals surface area contributed by atoms with Crippen LogP contribution in [0.25, 0.3) is 0 Å². The van der Waals surface area contributed by atoms with Gasteiger partial charge in [0, 0.05) is 31.7 Å². The molecule has 8 heteroatoms. The van der Waals surface area contributed by atoms with Gasteiger partial charge in [-0.15, -0.1) is 0 Å². The van der Waals surface area contributed by atoms with E-state index in [0.717, 1.165) is 12.1 Å². The van der Waals surface area contributed by atoms with Crippen LogP contribution in [0.1, 0.15) is 72.6 Å². The van der Waals surface area contributed by atoms with Gasteiger partial charge in [-0.1, -0.05) is 33.8 Å². The number of nitrogens with zero attached hydrogens (tertiary/aromatic N) is 2. The summed E-state index contributed by atoms with van der Waals surface area (Å²) in [4.78, 5) is 16.2. The average Bonchev–Trinajstić information content (AvgIpc) is 2.60. The van der Waals surface area contributed by atoms with E-state index in [9.17, 15) is 22.4 Å². The van der Waals surface area contributed by atoms with Gasteiger partial charge < -0.3 is 9.64 Å².